The second-order valence-corrected chi connectivity index (χ2v) is 10.6. The molecule has 1 saturated heterocycles. The Labute approximate surface area is 212 Å². The van der Waals surface area contributed by atoms with Crippen LogP contribution in [0.1, 0.15) is 32.0 Å². The number of anilines is 1. The lowest BCUT2D eigenvalue weighted by Crippen LogP contribution is -2.48. The Balaban J connectivity index is 1.20. The molecule has 3 heterocycles. The quantitative estimate of drug-likeness (QED) is 0.559. The fourth-order valence-electron chi connectivity index (χ4n) is 5.04. The molecule has 5 rings (SSSR count). The number of hydrogen-bond donors (Lipinski definition) is 0. The van der Waals surface area contributed by atoms with Crippen molar-refractivity contribution in [3.05, 3.63) is 70.4 Å². The molecule has 1 fully saturated rings. The summed E-state index contributed by atoms with van der Waals surface area (Å²) in [4.78, 5) is 36.7. The van der Waals surface area contributed by atoms with Crippen molar-refractivity contribution in [2.75, 3.05) is 44.2 Å². The highest BCUT2D eigenvalue weighted by Crippen LogP contribution is 2.27. The van der Waals surface area contributed by atoms with E-state index < -0.39 is 5.60 Å². The zero-order valence-corrected chi connectivity index (χ0v) is 21.4. The van der Waals surface area contributed by atoms with Crippen LogP contribution in [0.4, 0.5) is 10.5 Å². The number of piperazine rings is 1. The van der Waals surface area contributed by atoms with Gasteiger partial charge in [0.25, 0.3) is 5.56 Å². The monoisotopic (exact) mass is 489 g/mol. The van der Waals surface area contributed by atoms with E-state index in [1.54, 1.807) is 15.8 Å². The van der Waals surface area contributed by atoms with Gasteiger partial charge in [-0.15, -0.1) is 0 Å². The molecule has 3 aromatic rings. The molecule has 2 aliphatic heterocycles. The van der Waals surface area contributed by atoms with Crippen molar-refractivity contribution < 1.29 is 9.53 Å². The predicted octanol–water partition coefficient (Wildman–Crippen LogP) is 3.51. The molecule has 8 heteroatoms. The van der Waals surface area contributed by atoms with Crippen molar-refractivity contribution in [2.24, 2.45) is 0 Å². The summed E-state index contributed by atoms with van der Waals surface area (Å²) in [5, 5.41) is 2.56. The van der Waals surface area contributed by atoms with Crippen molar-refractivity contribution >= 4 is 22.6 Å². The van der Waals surface area contributed by atoms with Gasteiger partial charge in [0.05, 0.1) is 24.1 Å². The summed E-state index contributed by atoms with van der Waals surface area (Å²) in [7, 11) is 0. The summed E-state index contributed by atoms with van der Waals surface area (Å²) in [6.07, 6.45) is 1.85. The molecule has 0 N–H and O–H groups in total. The number of ether oxygens (including phenoxy) is 1. The Bertz CT molecular complexity index is 1300. The molecule has 0 aliphatic carbocycles. The van der Waals surface area contributed by atoms with Crippen LogP contribution in [0.25, 0.3) is 10.8 Å². The van der Waals surface area contributed by atoms with Crippen LogP contribution >= 0.6 is 0 Å². The Morgan fingerprint density at radius 1 is 0.972 bits per heavy atom. The number of carbonyl (C=O) groups is 1. The van der Waals surface area contributed by atoms with E-state index in [2.05, 4.69) is 57.2 Å². The maximum absolute atomic E-state index is 13.2. The molecule has 2 aromatic carbocycles. The highest BCUT2D eigenvalue weighted by Gasteiger charge is 2.28. The largest absolute Gasteiger partial charge is 0.444 e. The lowest BCUT2D eigenvalue weighted by atomic mass is 10.1. The van der Waals surface area contributed by atoms with Gasteiger partial charge in [-0.3, -0.25) is 14.3 Å². The van der Waals surface area contributed by atoms with Crippen molar-refractivity contribution in [3.63, 3.8) is 0 Å². The SMILES string of the molecule is CC(C)(C)OC(=O)N1CCc2ncn(CCN3CCN(c4cccc5ccccc45)CC3)c(=O)c2C1. The minimum Gasteiger partial charge on any atom is -0.444 e. The van der Waals surface area contributed by atoms with E-state index in [1.165, 1.54) is 16.5 Å². The number of hydrogen-bond acceptors (Lipinski definition) is 6. The first-order valence-electron chi connectivity index (χ1n) is 12.8. The van der Waals surface area contributed by atoms with Crippen LogP contribution in [-0.4, -0.2) is 70.3 Å². The summed E-state index contributed by atoms with van der Waals surface area (Å²) in [5.41, 5.74) is 2.07. The molecule has 8 nitrogen and oxygen atoms in total. The van der Waals surface area contributed by atoms with Crippen LogP contribution in [0.3, 0.4) is 0 Å². The van der Waals surface area contributed by atoms with Crippen molar-refractivity contribution in [2.45, 2.75) is 45.9 Å². The fourth-order valence-corrected chi connectivity index (χ4v) is 5.04. The Morgan fingerprint density at radius 3 is 2.50 bits per heavy atom. The minimum absolute atomic E-state index is 0.0531. The number of carbonyl (C=O) groups excluding carboxylic acids is 1. The van der Waals surface area contributed by atoms with Gasteiger partial charge in [0.15, 0.2) is 0 Å². The summed E-state index contributed by atoms with van der Waals surface area (Å²) in [6.45, 7) is 11.5. The highest BCUT2D eigenvalue weighted by atomic mass is 16.6. The molecule has 36 heavy (non-hydrogen) atoms. The second kappa shape index (κ2) is 9.93. The second-order valence-electron chi connectivity index (χ2n) is 10.6. The minimum atomic E-state index is -0.565. The Morgan fingerprint density at radius 2 is 1.72 bits per heavy atom. The van der Waals surface area contributed by atoms with E-state index in [9.17, 15) is 9.59 Å². The standard InChI is InChI=1S/C28H35N5O3/c1-28(2,3)36-27(35)32-12-11-24-23(19-32)26(34)33(20-29-24)18-15-30-13-16-31(17-14-30)25-10-6-8-21-7-4-5-9-22(21)25/h4-10,20H,11-19H2,1-3H3. The summed E-state index contributed by atoms with van der Waals surface area (Å²) < 4.78 is 7.19. The molecule has 1 aromatic heterocycles. The van der Waals surface area contributed by atoms with Gasteiger partial charge in [-0.05, 0) is 32.2 Å². The first-order chi connectivity index (χ1) is 17.3. The average Bonchev–Trinajstić information content (AvgIpc) is 2.87. The first kappa shape index (κ1) is 24.3. The summed E-state index contributed by atoms with van der Waals surface area (Å²) in [6, 6.07) is 15.0. The Kier molecular flexibility index (Phi) is 6.71. The topological polar surface area (TPSA) is 70.9 Å². The van der Waals surface area contributed by atoms with Gasteiger partial charge in [0.2, 0.25) is 0 Å². The molecule has 0 atom stereocenters. The molecule has 0 bridgehead atoms. The van der Waals surface area contributed by atoms with Gasteiger partial charge < -0.3 is 14.5 Å². The van der Waals surface area contributed by atoms with Crippen LogP contribution in [0.2, 0.25) is 0 Å². The molecule has 1 amide bonds. The number of amides is 1. The van der Waals surface area contributed by atoms with E-state index in [0.717, 1.165) is 38.4 Å². The van der Waals surface area contributed by atoms with E-state index in [1.807, 2.05) is 20.8 Å². The number of rotatable bonds is 4. The molecule has 0 unspecified atom stereocenters. The lowest BCUT2D eigenvalue weighted by molar-refractivity contribution is 0.0221. The highest BCUT2D eigenvalue weighted by molar-refractivity contribution is 5.94. The molecule has 0 saturated carbocycles. The third kappa shape index (κ3) is 5.23. The lowest BCUT2D eigenvalue weighted by Gasteiger charge is -2.36. The van der Waals surface area contributed by atoms with Gasteiger partial charge in [-0.2, -0.15) is 0 Å². The van der Waals surface area contributed by atoms with Gasteiger partial charge in [0, 0.05) is 63.3 Å². The van der Waals surface area contributed by atoms with Crippen LogP contribution < -0.4 is 10.5 Å². The molecule has 0 spiro atoms. The zero-order valence-electron chi connectivity index (χ0n) is 21.4. The van der Waals surface area contributed by atoms with Gasteiger partial charge in [0.1, 0.15) is 5.60 Å². The van der Waals surface area contributed by atoms with Crippen LogP contribution in [0, 0.1) is 0 Å². The normalized spacial score (nSPS) is 16.8. The number of fused-ring (bicyclic) bond motifs is 2. The Hall–Kier alpha value is -3.39. The first-order valence-corrected chi connectivity index (χ1v) is 12.8. The number of aromatic nitrogens is 2. The number of nitrogens with zero attached hydrogens (tertiary/aromatic N) is 5. The maximum Gasteiger partial charge on any atom is 0.410 e. The van der Waals surface area contributed by atoms with Crippen LogP contribution in [0.15, 0.2) is 53.6 Å². The van der Waals surface area contributed by atoms with Crippen molar-refractivity contribution in [1.29, 1.82) is 0 Å². The van der Waals surface area contributed by atoms with Gasteiger partial charge in [-0.1, -0.05) is 36.4 Å². The molecule has 2 aliphatic rings. The molecular weight excluding hydrogens is 454 g/mol. The molecule has 0 radical (unpaired) electrons. The summed E-state index contributed by atoms with van der Waals surface area (Å²) in [5.74, 6) is 0. The maximum atomic E-state index is 13.2. The van der Waals surface area contributed by atoms with Crippen molar-refractivity contribution in [1.82, 2.24) is 19.4 Å². The molecular formula is C28H35N5O3. The molecule has 190 valence electrons. The fraction of sp³-hybridized carbons (Fsp3) is 0.464. The van der Waals surface area contributed by atoms with Gasteiger partial charge in [-0.25, -0.2) is 9.78 Å². The zero-order chi connectivity index (χ0) is 25.3. The van der Waals surface area contributed by atoms with Crippen molar-refractivity contribution in [3.8, 4) is 0 Å². The van der Waals surface area contributed by atoms with E-state index in [4.69, 9.17) is 4.74 Å². The van der Waals surface area contributed by atoms with Gasteiger partial charge >= 0.3 is 6.09 Å². The third-order valence-corrected chi connectivity index (χ3v) is 6.98. The number of benzene rings is 2. The summed E-state index contributed by atoms with van der Waals surface area (Å²) >= 11 is 0. The van der Waals surface area contributed by atoms with Crippen LogP contribution in [0.5, 0.6) is 0 Å². The van der Waals surface area contributed by atoms with E-state index in [0.29, 0.717) is 25.1 Å². The predicted molar refractivity (Wildman–Crippen MR) is 141 cm³/mol. The average molecular weight is 490 g/mol. The van der Waals surface area contributed by atoms with Crippen LogP contribution in [-0.2, 0) is 24.2 Å². The van der Waals surface area contributed by atoms with E-state index in [-0.39, 0.29) is 18.2 Å². The van der Waals surface area contributed by atoms with E-state index >= 15 is 0 Å². The smallest absolute Gasteiger partial charge is 0.410 e. The third-order valence-electron chi connectivity index (χ3n) is 6.98.